The van der Waals surface area contributed by atoms with Gasteiger partial charge in [-0.25, -0.2) is 9.78 Å². The zero-order chi connectivity index (χ0) is 14.7. The van der Waals surface area contributed by atoms with Crippen LogP contribution in [0.2, 0.25) is 10.0 Å². The van der Waals surface area contributed by atoms with E-state index in [-0.39, 0.29) is 5.95 Å². The molecule has 0 saturated carbocycles. The van der Waals surface area contributed by atoms with Crippen LogP contribution < -0.4 is 10.6 Å². The maximum atomic E-state index is 11.8. The lowest BCUT2D eigenvalue weighted by Gasteiger charge is -2.07. The Bertz CT molecular complexity index is 607. The van der Waals surface area contributed by atoms with E-state index in [9.17, 15) is 4.79 Å². The molecule has 6 nitrogen and oxygen atoms in total. The van der Waals surface area contributed by atoms with Gasteiger partial charge in [0.2, 0.25) is 0 Å². The van der Waals surface area contributed by atoms with Crippen molar-refractivity contribution in [3.63, 3.8) is 0 Å². The number of aromatic nitrogens is 3. The molecule has 0 aliphatic carbocycles. The van der Waals surface area contributed by atoms with Gasteiger partial charge in [-0.05, 0) is 32.0 Å². The SMILES string of the molecule is Cc1nnc(NC(=O)Nc2ccc(Cl)c(Cl)c2)nc1C. The minimum Gasteiger partial charge on any atom is -0.308 e. The third kappa shape index (κ3) is 3.55. The van der Waals surface area contributed by atoms with E-state index in [0.29, 0.717) is 27.1 Å². The van der Waals surface area contributed by atoms with Gasteiger partial charge in [-0.3, -0.25) is 5.32 Å². The lowest BCUT2D eigenvalue weighted by Crippen LogP contribution is -2.21. The van der Waals surface area contributed by atoms with Crippen molar-refractivity contribution in [2.24, 2.45) is 0 Å². The maximum Gasteiger partial charge on any atom is 0.326 e. The number of anilines is 2. The Morgan fingerprint density at radius 3 is 2.45 bits per heavy atom. The summed E-state index contributed by atoms with van der Waals surface area (Å²) in [7, 11) is 0. The average Bonchev–Trinajstić information content (AvgIpc) is 2.38. The van der Waals surface area contributed by atoms with Gasteiger partial charge >= 0.3 is 6.03 Å². The summed E-state index contributed by atoms with van der Waals surface area (Å²) in [5, 5.41) is 13.5. The molecule has 1 aromatic heterocycles. The number of urea groups is 1. The van der Waals surface area contributed by atoms with Gasteiger partial charge in [0, 0.05) is 5.69 Å². The van der Waals surface area contributed by atoms with Gasteiger partial charge in [0.15, 0.2) is 0 Å². The molecule has 1 aromatic carbocycles. The number of nitrogens with zero attached hydrogens (tertiary/aromatic N) is 3. The Morgan fingerprint density at radius 1 is 1.05 bits per heavy atom. The van der Waals surface area contributed by atoms with Crippen LogP contribution in [0.3, 0.4) is 0 Å². The standard InChI is InChI=1S/C12H11Cl2N5O/c1-6-7(2)18-19-11(15-6)17-12(20)16-8-3-4-9(13)10(14)5-8/h3-5H,1-2H3,(H2,15,16,17,19,20). The lowest BCUT2D eigenvalue weighted by atomic mass is 10.3. The van der Waals surface area contributed by atoms with Crippen molar-refractivity contribution < 1.29 is 4.79 Å². The molecule has 8 heteroatoms. The number of carbonyl (C=O) groups is 1. The Hall–Kier alpha value is -1.92. The lowest BCUT2D eigenvalue weighted by molar-refractivity contribution is 0.262. The molecule has 20 heavy (non-hydrogen) atoms. The molecular formula is C12H11Cl2N5O. The summed E-state index contributed by atoms with van der Waals surface area (Å²) >= 11 is 11.6. The van der Waals surface area contributed by atoms with Gasteiger partial charge in [0.05, 0.1) is 21.4 Å². The molecule has 0 fully saturated rings. The number of nitrogens with one attached hydrogen (secondary N) is 2. The molecule has 104 valence electrons. The Labute approximate surface area is 125 Å². The van der Waals surface area contributed by atoms with Crippen LogP contribution in [-0.2, 0) is 0 Å². The molecule has 0 saturated heterocycles. The minimum atomic E-state index is -0.492. The van der Waals surface area contributed by atoms with Crippen molar-refractivity contribution in [3.05, 3.63) is 39.6 Å². The van der Waals surface area contributed by atoms with E-state index < -0.39 is 6.03 Å². The fourth-order valence-electron chi connectivity index (χ4n) is 1.35. The molecule has 2 N–H and O–H groups in total. The first-order chi connectivity index (χ1) is 9.45. The molecule has 1 heterocycles. The van der Waals surface area contributed by atoms with Crippen LogP contribution in [-0.4, -0.2) is 21.2 Å². The highest BCUT2D eigenvalue weighted by Crippen LogP contribution is 2.24. The van der Waals surface area contributed by atoms with Crippen molar-refractivity contribution in [2.45, 2.75) is 13.8 Å². The van der Waals surface area contributed by atoms with Crippen LogP contribution in [0.4, 0.5) is 16.4 Å². The van der Waals surface area contributed by atoms with E-state index in [4.69, 9.17) is 23.2 Å². The summed E-state index contributed by atoms with van der Waals surface area (Å²) in [5.41, 5.74) is 1.92. The van der Waals surface area contributed by atoms with E-state index >= 15 is 0 Å². The molecule has 2 aromatic rings. The van der Waals surface area contributed by atoms with E-state index in [2.05, 4.69) is 25.8 Å². The van der Waals surface area contributed by atoms with Crippen molar-refractivity contribution >= 4 is 40.9 Å². The van der Waals surface area contributed by atoms with E-state index in [0.717, 1.165) is 0 Å². The quantitative estimate of drug-likeness (QED) is 0.890. The van der Waals surface area contributed by atoms with Crippen LogP contribution in [0.5, 0.6) is 0 Å². The number of hydrogen-bond donors (Lipinski definition) is 2. The summed E-state index contributed by atoms with van der Waals surface area (Å²) in [6.45, 7) is 3.57. The van der Waals surface area contributed by atoms with Crippen LogP contribution in [0, 0.1) is 13.8 Å². The number of hydrogen-bond acceptors (Lipinski definition) is 4. The Morgan fingerprint density at radius 2 is 1.80 bits per heavy atom. The topological polar surface area (TPSA) is 79.8 Å². The number of halogens is 2. The maximum absolute atomic E-state index is 11.8. The highest BCUT2D eigenvalue weighted by molar-refractivity contribution is 6.42. The predicted molar refractivity (Wildman–Crippen MR) is 78.4 cm³/mol. The number of amides is 2. The fraction of sp³-hybridized carbons (Fsp3) is 0.167. The van der Waals surface area contributed by atoms with E-state index in [1.807, 2.05) is 0 Å². The molecule has 2 rings (SSSR count). The van der Waals surface area contributed by atoms with Gasteiger partial charge in [-0.15, -0.1) is 5.10 Å². The largest absolute Gasteiger partial charge is 0.326 e. The number of benzene rings is 1. The smallest absolute Gasteiger partial charge is 0.308 e. The van der Waals surface area contributed by atoms with Crippen molar-refractivity contribution in [1.82, 2.24) is 15.2 Å². The second kappa shape index (κ2) is 6.02. The molecule has 0 spiro atoms. The first-order valence-corrected chi connectivity index (χ1v) is 6.42. The molecule has 0 radical (unpaired) electrons. The molecule has 2 amide bonds. The molecule has 0 bridgehead atoms. The Kier molecular flexibility index (Phi) is 4.36. The first-order valence-electron chi connectivity index (χ1n) is 5.66. The Balaban J connectivity index is 2.04. The summed E-state index contributed by atoms with van der Waals surface area (Å²) < 4.78 is 0. The van der Waals surface area contributed by atoms with Crippen molar-refractivity contribution in [1.29, 1.82) is 0 Å². The number of aryl methyl sites for hydroxylation is 2. The van der Waals surface area contributed by atoms with Gasteiger partial charge in [0.25, 0.3) is 5.95 Å². The zero-order valence-electron chi connectivity index (χ0n) is 10.7. The monoisotopic (exact) mass is 311 g/mol. The van der Waals surface area contributed by atoms with Gasteiger partial charge in [-0.2, -0.15) is 5.10 Å². The molecule has 0 atom stereocenters. The van der Waals surface area contributed by atoms with Crippen LogP contribution in [0.25, 0.3) is 0 Å². The fourth-order valence-corrected chi connectivity index (χ4v) is 1.65. The van der Waals surface area contributed by atoms with Crippen LogP contribution in [0.15, 0.2) is 18.2 Å². The van der Waals surface area contributed by atoms with Gasteiger partial charge in [0.1, 0.15) is 0 Å². The highest BCUT2D eigenvalue weighted by atomic mass is 35.5. The molecular weight excluding hydrogens is 301 g/mol. The van der Waals surface area contributed by atoms with E-state index in [1.54, 1.807) is 32.0 Å². The van der Waals surface area contributed by atoms with Crippen LogP contribution >= 0.6 is 23.2 Å². The summed E-state index contributed by atoms with van der Waals surface area (Å²) in [4.78, 5) is 15.9. The molecule has 0 aliphatic rings. The highest BCUT2D eigenvalue weighted by Gasteiger charge is 2.08. The third-order valence-electron chi connectivity index (χ3n) is 2.49. The zero-order valence-corrected chi connectivity index (χ0v) is 12.2. The normalized spacial score (nSPS) is 10.2. The predicted octanol–water partition coefficient (Wildman–Crippen LogP) is 3.44. The first kappa shape index (κ1) is 14.5. The minimum absolute atomic E-state index is 0.130. The van der Waals surface area contributed by atoms with Crippen molar-refractivity contribution in [3.8, 4) is 0 Å². The summed E-state index contributed by atoms with van der Waals surface area (Å²) in [5.74, 6) is 0.130. The van der Waals surface area contributed by atoms with Gasteiger partial charge in [-0.1, -0.05) is 23.2 Å². The van der Waals surface area contributed by atoms with Crippen LogP contribution in [0.1, 0.15) is 11.4 Å². The van der Waals surface area contributed by atoms with Crippen molar-refractivity contribution in [2.75, 3.05) is 10.6 Å². The van der Waals surface area contributed by atoms with E-state index in [1.165, 1.54) is 0 Å². The summed E-state index contributed by atoms with van der Waals surface area (Å²) in [6.07, 6.45) is 0. The summed E-state index contributed by atoms with van der Waals surface area (Å²) in [6, 6.07) is 4.28. The second-order valence-corrected chi connectivity index (χ2v) is 4.83. The van der Waals surface area contributed by atoms with Gasteiger partial charge < -0.3 is 5.32 Å². The second-order valence-electron chi connectivity index (χ2n) is 4.01. The third-order valence-corrected chi connectivity index (χ3v) is 3.23. The molecule has 0 aliphatic heterocycles. The molecule has 0 unspecified atom stereocenters. The number of rotatable bonds is 2. The number of carbonyl (C=O) groups excluding carboxylic acids is 1. The average molecular weight is 312 g/mol.